The Morgan fingerprint density at radius 2 is 1.82 bits per heavy atom. The van der Waals surface area contributed by atoms with Gasteiger partial charge >= 0.3 is 0 Å². The SMILES string of the molecule is CCNc1nc(CC)nc(SC(C)(C)C)c1C. The van der Waals surface area contributed by atoms with Crippen molar-refractivity contribution in [2.24, 2.45) is 0 Å². The Bertz CT molecular complexity index is 383. The fourth-order valence-corrected chi connectivity index (χ4v) is 2.41. The Hall–Kier alpha value is -0.770. The minimum Gasteiger partial charge on any atom is -0.370 e. The molecule has 0 saturated carbocycles. The molecule has 0 unspecified atom stereocenters. The van der Waals surface area contributed by atoms with Crippen molar-refractivity contribution in [1.29, 1.82) is 0 Å². The lowest BCUT2D eigenvalue weighted by Gasteiger charge is -2.20. The van der Waals surface area contributed by atoms with Gasteiger partial charge in [-0.05, 0) is 13.8 Å². The lowest BCUT2D eigenvalue weighted by atomic mass is 10.3. The molecule has 17 heavy (non-hydrogen) atoms. The van der Waals surface area contributed by atoms with Gasteiger partial charge in [0.05, 0.1) is 0 Å². The number of nitrogens with one attached hydrogen (secondary N) is 1. The molecule has 0 bridgehead atoms. The first-order valence-electron chi connectivity index (χ1n) is 6.17. The van der Waals surface area contributed by atoms with Crippen LogP contribution in [0.25, 0.3) is 0 Å². The van der Waals surface area contributed by atoms with E-state index in [1.165, 1.54) is 0 Å². The second-order valence-electron chi connectivity index (χ2n) is 5.02. The van der Waals surface area contributed by atoms with Crippen LogP contribution in [0.4, 0.5) is 5.82 Å². The number of aryl methyl sites for hydroxylation is 1. The highest BCUT2D eigenvalue weighted by Gasteiger charge is 2.17. The normalized spacial score (nSPS) is 11.6. The Labute approximate surface area is 109 Å². The molecule has 0 spiro atoms. The quantitative estimate of drug-likeness (QED) is 0.656. The van der Waals surface area contributed by atoms with E-state index in [-0.39, 0.29) is 4.75 Å². The molecule has 0 saturated heterocycles. The minimum absolute atomic E-state index is 0.174. The molecule has 0 aromatic carbocycles. The number of hydrogen-bond acceptors (Lipinski definition) is 4. The van der Waals surface area contributed by atoms with Gasteiger partial charge in [-0.1, -0.05) is 27.7 Å². The van der Waals surface area contributed by atoms with Crippen LogP contribution in [0.5, 0.6) is 0 Å². The van der Waals surface area contributed by atoms with E-state index in [2.05, 4.69) is 56.8 Å². The zero-order valence-electron chi connectivity index (χ0n) is 11.7. The van der Waals surface area contributed by atoms with Gasteiger partial charge in [-0.25, -0.2) is 9.97 Å². The highest BCUT2D eigenvalue weighted by Crippen LogP contribution is 2.34. The Kier molecular flexibility index (Phi) is 4.80. The molecule has 96 valence electrons. The van der Waals surface area contributed by atoms with Crippen molar-refractivity contribution < 1.29 is 0 Å². The summed E-state index contributed by atoms with van der Waals surface area (Å²) >= 11 is 1.81. The summed E-state index contributed by atoms with van der Waals surface area (Å²) in [6.45, 7) is 13.8. The van der Waals surface area contributed by atoms with Crippen LogP contribution in [0.1, 0.15) is 46.0 Å². The first kappa shape index (κ1) is 14.3. The highest BCUT2D eigenvalue weighted by atomic mass is 32.2. The third kappa shape index (κ3) is 4.19. The van der Waals surface area contributed by atoms with Crippen molar-refractivity contribution in [2.45, 2.75) is 57.7 Å². The maximum Gasteiger partial charge on any atom is 0.133 e. The molecular weight excluding hydrogens is 230 g/mol. The van der Waals surface area contributed by atoms with Gasteiger partial charge in [0.25, 0.3) is 0 Å². The van der Waals surface area contributed by atoms with Crippen molar-refractivity contribution >= 4 is 17.6 Å². The molecule has 1 rings (SSSR count). The standard InChI is InChI=1S/C13H23N3S/c1-7-10-15-11(14-8-2)9(3)12(16-10)17-13(4,5)6/h7-8H2,1-6H3,(H,14,15,16). The zero-order valence-corrected chi connectivity index (χ0v) is 12.5. The lowest BCUT2D eigenvalue weighted by Crippen LogP contribution is -2.12. The zero-order chi connectivity index (χ0) is 13.1. The van der Waals surface area contributed by atoms with Crippen LogP contribution in [-0.2, 0) is 6.42 Å². The molecule has 1 aromatic rings. The summed E-state index contributed by atoms with van der Waals surface area (Å²) in [5, 5.41) is 4.41. The van der Waals surface area contributed by atoms with Gasteiger partial charge in [-0.15, -0.1) is 11.8 Å². The molecule has 0 radical (unpaired) electrons. The largest absolute Gasteiger partial charge is 0.370 e. The Morgan fingerprint density at radius 1 is 1.18 bits per heavy atom. The number of thioether (sulfide) groups is 1. The molecule has 0 fully saturated rings. The van der Waals surface area contributed by atoms with Crippen LogP contribution in [0, 0.1) is 6.92 Å². The van der Waals surface area contributed by atoms with Gasteiger partial charge in [-0.3, -0.25) is 0 Å². The van der Waals surface area contributed by atoms with E-state index in [9.17, 15) is 0 Å². The molecule has 0 aliphatic carbocycles. The van der Waals surface area contributed by atoms with E-state index >= 15 is 0 Å². The highest BCUT2D eigenvalue weighted by molar-refractivity contribution is 8.00. The van der Waals surface area contributed by atoms with Crippen molar-refractivity contribution in [3.8, 4) is 0 Å². The first-order valence-corrected chi connectivity index (χ1v) is 6.99. The average molecular weight is 253 g/mol. The number of nitrogens with zero attached hydrogens (tertiary/aromatic N) is 2. The van der Waals surface area contributed by atoms with Gasteiger partial charge in [0.2, 0.25) is 0 Å². The molecule has 3 nitrogen and oxygen atoms in total. The lowest BCUT2D eigenvalue weighted by molar-refractivity contribution is 0.791. The predicted octanol–water partition coefficient (Wildman–Crippen LogP) is 3.67. The van der Waals surface area contributed by atoms with Crippen molar-refractivity contribution in [1.82, 2.24) is 9.97 Å². The third-order valence-corrected chi connectivity index (χ3v) is 3.41. The summed E-state index contributed by atoms with van der Waals surface area (Å²) in [5.74, 6) is 1.89. The van der Waals surface area contributed by atoms with Gasteiger partial charge in [0.15, 0.2) is 0 Å². The number of hydrogen-bond donors (Lipinski definition) is 1. The molecule has 1 N–H and O–H groups in total. The monoisotopic (exact) mass is 253 g/mol. The summed E-state index contributed by atoms with van der Waals surface area (Å²) in [4.78, 5) is 9.17. The third-order valence-electron chi connectivity index (χ3n) is 2.21. The molecular formula is C13H23N3S. The first-order chi connectivity index (χ1) is 7.87. The van der Waals surface area contributed by atoms with E-state index < -0.39 is 0 Å². The van der Waals surface area contributed by atoms with Gasteiger partial charge in [-0.2, -0.15) is 0 Å². The van der Waals surface area contributed by atoms with Crippen LogP contribution in [0.2, 0.25) is 0 Å². The van der Waals surface area contributed by atoms with Crippen molar-refractivity contribution in [3.05, 3.63) is 11.4 Å². The summed E-state index contributed by atoms with van der Waals surface area (Å²) in [6.07, 6.45) is 0.871. The Balaban J connectivity index is 3.14. The van der Waals surface area contributed by atoms with E-state index in [1.807, 2.05) is 0 Å². The second-order valence-corrected chi connectivity index (χ2v) is 6.83. The maximum absolute atomic E-state index is 4.63. The molecule has 4 heteroatoms. The minimum atomic E-state index is 0.174. The molecule has 0 amide bonds. The smallest absolute Gasteiger partial charge is 0.133 e. The van der Waals surface area contributed by atoms with Crippen LogP contribution in [0.3, 0.4) is 0 Å². The van der Waals surface area contributed by atoms with Crippen LogP contribution in [-0.4, -0.2) is 21.3 Å². The topological polar surface area (TPSA) is 37.8 Å². The van der Waals surface area contributed by atoms with Crippen LogP contribution < -0.4 is 5.32 Å². The fourth-order valence-electron chi connectivity index (χ4n) is 1.43. The number of aromatic nitrogens is 2. The summed E-state index contributed by atoms with van der Waals surface area (Å²) in [7, 11) is 0. The van der Waals surface area contributed by atoms with Gasteiger partial charge < -0.3 is 5.32 Å². The summed E-state index contributed by atoms with van der Waals surface area (Å²) in [6, 6.07) is 0. The van der Waals surface area contributed by atoms with Crippen LogP contribution in [0.15, 0.2) is 5.03 Å². The van der Waals surface area contributed by atoms with Gasteiger partial charge in [0.1, 0.15) is 16.7 Å². The molecule has 0 aliphatic rings. The molecule has 1 aromatic heterocycles. The summed E-state index contributed by atoms with van der Waals surface area (Å²) < 4.78 is 0.174. The van der Waals surface area contributed by atoms with E-state index in [1.54, 1.807) is 11.8 Å². The molecule has 0 atom stereocenters. The summed E-state index contributed by atoms with van der Waals surface area (Å²) in [5.41, 5.74) is 1.16. The maximum atomic E-state index is 4.63. The van der Waals surface area contributed by atoms with E-state index in [4.69, 9.17) is 0 Å². The van der Waals surface area contributed by atoms with Crippen molar-refractivity contribution in [2.75, 3.05) is 11.9 Å². The van der Waals surface area contributed by atoms with Gasteiger partial charge in [0, 0.05) is 23.3 Å². The molecule has 1 heterocycles. The fraction of sp³-hybridized carbons (Fsp3) is 0.692. The van der Waals surface area contributed by atoms with E-state index in [0.29, 0.717) is 0 Å². The number of anilines is 1. The predicted molar refractivity (Wildman–Crippen MR) is 75.9 cm³/mol. The van der Waals surface area contributed by atoms with E-state index in [0.717, 1.165) is 35.2 Å². The van der Waals surface area contributed by atoms with Crippen LogP contribution >= 0.6 is 11.8 Å². The second kappa shape index (κ2) is 5.71. The average Bonchev–Trinajstić information content (AvgIpc) is 2.22. The number of rotatable bonds is 4. The van der Waals surface area contributed by atoms with Crippen molar-refractivity contribution in [3.63, 3.8) is 0 Å². The molecule has 0 aliphatic heterocycles. The Morgan fingerprint density at radius 3 is 2.29 bits per heavy atom.